The topological polar surface area (TPSA) is 23.1 Å². The molecule has 0 aromatic carbocycles. The van der Waals surface area contributed by atoms with Gasteiger partial charge in [-0.3, -0.25) is 4.57 Å². The van der Waals surface area contributed by atoms with Crippen LogP contribution in [-0.4, -0.2) is 41.7 Å². The Kier molecular flexibility index (Phi) is 1.41. The van der Waals surface area contributed by atoms with Gasteiger partial charge in [-0.2, -0.15) is 0 Å². The molecule has 2 rings (SSSR count). The van der Waals surface area contributed by atoms with Gasteiger partial charge in [0.25, 0.3) is 0 Å². The Morgan fingerprint density at radius 3 is 1.80 bits per heavy atom. The first kappa shape index (κ1) is 6.84. The molecular formula is C6H13N2OP. The van der Waals surface area contributed by atoms with Crippen molar-refractivity contribution in [2.45, 2.75) is 6.92 Å². The monoisotopic (exact) mass is 160 g/mol. The maximum atomic E-state index is 12.0. The summed E-state index contributed by atoms with van der Waals surface area (Å²) in [4.78, 5) is 0. The van der Waals surface area contributed by atoms with Crippen molar-refractivity contribution in [1.29, 1.82) is 0 Å². The first-order valence-electron chi connectivity index (χ1n) is 3.87. The van der Waals surface area contributed by atoms with Crippen LogP contribution in [0.4, 0.5) is 0 Å². The van der Waals surface area contributed by atoms with Crippen molar-refractivity contribution in [2.24, 2.45) is 0 Å². The normalized spacial score (nSPS) is 26.9. The van der Waals surface area contributed by atoms with E-state index in [4.69, 9.17) is 0 Å². The molecule has 0 bridgehead atoms. The Morgan fingerprint density at radius 2 is 1.60 bits per heavy atom. The molecule has 0 saturated carbocycles. The summed E-state index contributed by atoms with van der Waals surface area (Å²) in [7, 11) is -1.96. The Balaban J connectivity index is 2.11. The zero-order chi connectivity index (χ0) is 7.19. The molecule has 0 radical (unpaired) electrons. The zero-order valence-corrected chi connectivity index (χ0v) is 7.18. The standard InChI is InChI=1S/C6H13N2OP/c1-2-10(9,7-3-4-7)8-5-6-8/h2-6H2,1H3. The van der Waals surface area contributed by atoms with Crippen molar-refractivity contribution in [3.63, 3.8) is 0 Å². The molecule has 10 heavy (non-hydrogen) atoms. The van der Waals surface area contributed by atoms with Gasteiger partial charge in [-0.15, -0.1) is 0 Å². The second-order valence-electron chi connectivity index (χ2n) is 2.89. The summed E-state index contributed by atoms with van der Waals surface area (Å²) in [5.74, 6) is 0. The molecule has 2 saturated heterocycles. The van der Waals surface area contributed by atoms with E-state index >= 15 is 0 Å². The third-order valence-corrected chi connectivity index (χ3v) is 5.53. The number of hydrogen-bond acceptors (Lipinski definition) is 1. The van der Waals surface area contributed by atoms with Crippen LogP contribution >= 0.6 is 7.44 Å². The van der Waals surface area contributed by atoms with Crippen molar-refractivity contribution in [3.05, 3.63) is 0 Å². The van der Waals surface area contributed by atoms with Gasteiger partial charge in [-0.25, -0.2) is 9.34 Å². The predicted octanol–water partition coefficient (Wildman–Crippen LogP) is 0.831. The van der Waals surface area contributed by atoms with Crippen LogP contribution in [0, 0.1) is 0 Å². The lowest BCUT2D eigenvalue weighted by molar-refractivity contribution is 0.519. The van der Waals surface area contributed by atoms with E-state index in [0.717, 1.165) is 32.3 Å². The van der Waals surface area contributed by atoms with Gasteiger partial charge < -0.3 is 0 Å². The van der Waals surface area contributed by atoms with Crippen LogP contribution in [0.5, 0.6) is 0 Å². The Labute approximate surface area is 61.5 Å². The molecule has 0 N–H and O–H groups in total. The van der Waals surface area contributed by atoms with E-state index in [2.05, 4.69) is 9.34 Å². The van der Waals surface area contributed by atoms with Gasteiger partial charge in [0.15, 0.2) is 0 Å². The molecule has 0 aromatic rings. The lowest BCUT2D eigenvalue weighted by Crippen LogP contribution is -2.05. The van der Waals surface area contributed by atoms with Crippen LogP contribution in [0.25, 0.3) is 0 Å². The fraction of sp³-hybridized carbons (Fsp3) is 1.00. The molecule has 0 unspecified atom stereocenters. The van der Waals surface area contributed by atoms with Crippen molar-refractivity contribution in [2.75, 3.05) is 32.3 Å². The van der Waals surface area contributed by atoms with E-state index in [0.29, 0.717) is 0 Å². The minimum atomic E-state index is -1.96. The van der Waals surface area contributed by atoms with Crippen LogP contribution in [-0.2, 0) is 4.57 Å². The van der Waals surface area contributed by atoms with Crippen molar-refractivity contribution < 1.29 is 4.57 Å². The van der Waals surface area contributed by atoms with Gasteiger partial charge in [0, 0.05) is 32.3 Å². The minimum Gasteiger partial charge on any atom is -0.289 e. The second kappa shape index (κ2) is 2.07. The zero-order valence-electron chi connectivity index (χ0n) is 6.29. The fourth-order valence-corrected chi connectivity index (χ4v) is 3.88. The average molecular weight is 160 g/mol. The second-order valence-corrected chi connectivity index (χ2v) is 5.98. The van der Waals surface area contributed by atoms with Gasteiger partial charge >= 0.3 is 0 Å². The highest BCUT2D eigenvalue weighted by molar-refractivity contribution is 7.59. The van der Waals surface area contributed by atoms with Crippen LogP contribution in [0.1, 0.15) is 6.92 Å². The largest absolute Gasteiger partial charge is 0.289 e. The van der Waals surface area contributed by atoms with E-state index in [9.17, 15) is 4.57 Å². The van der Waals surface area contributed by atoms with Crippen LogP contribution in [0.2, 0.25) is 0 Å². The van der Waals surface area contributed by atoms with E-state index in [1.807, 2.05) is 6.92 Å². The highest BCUT2D eigenvalue weighted by Crippen LogP contribution is 2.59. The van der Waals surface area contributed by atoms with Gasteiger partial charge in [-0.1, -0.05) is 6.92 Å². The van der Waals surface area contributed by atoms with Gasteiger partial charge in [0.2, 0.25) is 7.44 Å². The summed E-state index contributed by atoms with van der Waals surface area (Å²) >= 11 is 0. The highest BCUT2D eigenvalue weighted by Gasteiger charge is 2.45. The number of nitrogens with zero attached hydrogens (tertiary/aromatic N) is 2. The lowest BCUT2D eigenvalue weighted by Gasteiger charge is -2.17. The number of rotatable bonds is 3. The molecule has 2 heterocycles. The minimum absolute atomic E-state index is 0.826. The number of hydrogen-bond donors (Lipinski definition) is 0. The fourth-order valence-electron chi connectivity index (χ4n) is 1.29. The van der Waals surface area contributed by atoms with E-state index in [-0.39, 0.29) is 0 Å². The maximum absolute atomic E-state index is 12.0. The lowest BCUT2D eigenvalue weighted by atomic mass is 11.0. The molecule has 0 amide bonds. The van der Waals surface area contributed by atoms with Crippen molar-refractivity contribution in [3.8, 4) is 0 Å². The van der Waals surface area contributed by atoms with E-state index in [1.54, 1.807) is 0 Å². The van der Waals surface area contributed by atoms with Gasteiger partial charge in [-0.05, 0) is 0 Å². The maximum Gasteiger partial charge on any atom is 0.216 e. The van der Waals surface area contributed by atoms with Crippen LogP contribution in [0.15, 0.2) is 0 Å². The molecular weight excluding hydrogens is 147 g/mol. The average Bonchev–Trinajstić information content (AvgIpc) is 2.73. The van der Waals surface area contributed by atoms with Crippen LogP contribution in [0.3, 0.4) is 0 Å². The molecule has 0 aromatic heterocycles. The quantitative estimate of drug-likeness (QED) is 0.451. The first-order chi connectivity index (χ1) is 4.77. The molecule has 2 aliphatic heterocycles. The first-order valence-corrected chi connectivity index (χ1v) is 5.67. The summed E-state index contributed by atoms with van der Waals surface area (Å²) in [6.45, 7) is 6.25. The van der Waals surface area contributed by atoms with Crippen LogP contribution < -0.4 is 0 Å². The van der Waals surface area contributed by atoms with Gasteiger partial charge in [0.05, 0.1) is 0 Å². The summed E-state index contributed by atoms with van der Waals surface area (Å²) in [5, 5.41) is 0. The third kappa shape index (κ3) is 0.931. The van der Waals surface area contributed by atoms with E-state index < -0.39 is 7.44 Å². The molecule has 0 aliphatic carbocycles. The highest BCUT2D eigenvalue weighted by atomic mass is 31.2. The third-order valence-electron chi connectivity index (χ3n) is 2.14. The SMILES string of the molecule is CCP(=O)(N1CC1)N1CC1. The predicted molar refractivity (Wildman–Crippen MR) is 41.3 cm³/mol. The molecule has 3 nitrogen and oxygen atoms in total. The van der Waals surface area contributed by atoms with Crippen molar-refractivity contribution >= 4 is 7.44 Å². The summed E-state index contributed by atoms with van der Waals surface area (Å²) in [5.41, 5.74) is 0. The van der Waals surface area contributed by atoms with E-state index in [1.165, 1.54) is 0 Å². The summed E-state index contributed by atoms with van der Waals surface area (Å²) in [6.07, 6.45) is 0.826. The Bertz CT molecular complexity index is 170. The molecule has 0 atom stereocenters. The summed E-state index contributed by atoms with van der Waals surface area (Å²) in [6, 6.07) is 0. The molecule has 0 spiro atoms. The molecule has 2 fully saturated rings. The Morgan fingerprint density at radius 1 is 1.20 bits per heavy atom. The molecule has 58 valence electrons. The Hall–Kier alpha value is 0.150. The van der Waals surface area contributed by atoms with Crippen molar-refractivity contribution in [1.82, 2.24) is 9.34 Å². The summed E-state index contributed by atoms with van der Waals surface area (Å²) < 4.78 is 16.2. The molecule has 2 aliphatic rings. The smallest absolute Gasteiger partial charge is 0.216 e. The van der Waals surface area contributed by atoms with Gasteiger partial charge in [0.1, 0.15) is 0 Å². The molecule has 4 heteroatoms.